The molecule has 122 valence electrons. The maximum absolute atomic E-state index is 11.1. The zero-order valence-electron chi connectivity index (χ0n) is 12.8. The first-order chi connectivity index (χ1) is 11.2. The van der Waals surface area contributed by atoms with E-state index in [0.717, 1.165) is 5.56 Å². The minimum Gasteiger partial charge on any atom is -0.490 e. The van der Waals surface area contributed by atoms with Crippen molar-refractivity contribution in [1.82, 2.24) is 15.5 Å². The van der Waals surface area contributed by atoms with Gasteiger partial charge < -0.3 is 19.9 Å². The second-order valence-electron chi connectivity index (χ2n) is 4.63. The number of carbonyl (C=O) groups is 1. The molecule has 2 aromatic rings. The zero-order valence-corrected chi connectivity index (χ0v) is 12.8. The zero-order chi connectivity index (χ0) is 16.5. The van der Waals surface area contributed by atoms with Gasteiger partial charge in [0.05, 0.1) is 25.0 Å². The molecule has 1 aromatic heterocycles. The average Bonchev–Trinajstić information content (AvgIpc) is 2.59. The van der Waals surface area contributed by atoms with Crippen molar-refractivity contribution in [2.45, 2.75) is 13.0 Å². The Kier molecular flexibility index (Phi) is 6.31. The molecule has 7 heteroatoms. The Hall–Kier alpha value is -2.67. The molecule has 2 rings (SSSR count). The van der Waals surface area contributed by atoms with Gasteiger partial charge in [0.1, 0.15) is 18.5 Å². The Morgan fingerprint density at radius 2 is 2.13 bits per heavy atom. The molecule has 0 bridgehead atoms. The van der Waals surface area contributed by atoms with Gasteiger partial charge in [0.15, 0.2) is 0 Å². The fourth-order valence-corrected chi connectivity index (χ4v) is 1.89. The molecular weight excluding hydrogens is 298 g/mol. The molecule has 0 radical (unpaired) electrons. The average molecular weight is 317 g/mol. The van der Waals surface area contributed by atoms with Crippen molar-refractivity contribution in [2.24, 2.45) is 0 Å². The largest absolute Gasteiger partial charge is 0.490 e. The highest BCUT2D eigenvalue weighted by molar-refractivity contribution is 5.66. The van der Waals surface area contributed by atoms with E-state index in [0.29, 0.717) is 24.6 Å². The van der Waals surface area contributed by atoms with Gasteiger partial charge in [0.2, 0.25) is 0 Å². The quantitative estimate of drug-likeness (QED) is 0.755. The molecule has 23 heavy (non-hydrogen) atoms. The lowest BCUT2D eigenvalue weighted by atomic mass is 10.1. The highest BCUT2D eigenvalue weighted by atomic mass is 16.5. The Balaban J connectivity index is 1.89. The van der Waals surface area contributed by atoms with Crippen LogP contribution in [0.1, 0.15) is 24.3 Å². The number of benzene rings is 1. The SMILES string of the molecule is CCOC(=O)NCCOc1cnnc(C(O)c2ccccc2)c1. The smallest absolute Gasteiger partial charge is 0.407 e. The van der Waals surface area contributed by atoms with Crippen LogP contribution < -0.4 is 10.1 Å². The van der Waals surface area contributed by atoms with E-state index < -0.39 is 12.2 Å². The second-order valence-corrected chi connectivity index (χ2v) is 4.63. The standard InChI is InChI=1S/C16H19N3O4/c1-2-22-16(21)17-8-9-23-13-10-14(19-18-11-13)15(20)12-6-4-3-5-7-12/h3-7,10-11,15,20H,2,8-9H2,1H3,(H,17,21). The van der Waals surface area contributed by atoms with Crippen molar-refractivity contribution in [3.05, 3.63) is 53.9 Å². The van der Waals surface area contributed by atoms with Gasteiger partial charge in [-0.15, -0.1) is 0 Å². The summed E-state index contributed by atoms with van der Waals surface area (Å²) in [6.45, 7) is 2.61. The van der Waals surface area contributed by atoms with E-state index in [9.17, 15) is 9.90 Å². The summed E-state index contributed by atoms with van der Waals surface area (Å²) in [6.07, 6.45) is 0.0972. The van der Waals surface area contributed by atoms with Gasteiger partial charge in [-0.2, -0.15) is 10.2 Å². The fraction of sp³-hybridized carbons (Fsp3) is 0.312. The molecule has 0 aliphatic heterocycles. The van der Waals surface area contributed by atoms with Crippen LogP contribution in [0.15, 0.2) is 42.6 Å². The predicted octanol–water partition coefficient (Wildman–Crippen LogP) is 1.68. The fourth-order valence-electron chi connectivity index (χ4n) is 1.89. The first-order valence-electron chi connectivity index (χ1n) is 7.29. The second kappa shape index (κ2) is 8.70. The minimum absolute atomic E-state index is 0.255. The predicted molar refractivity (Wildman–Crippen MR) is 83.1 cm³/mol. The third kappa shape index (κ3) is 5.23. The van der Waals surface area contributed by atoms with Gasteiger partial charge in [-0.25, -0.2) is 4.79 Å². The minimum atomic E-state index is -0.870. The van der Waals surface area contributed by atoms with Gasteiger partial charge in [0, 0.05) is 6.07 Å². The molecule has 1 heterocycles. The van der Waals surface area contributed by atoms with Crippen LogP contribution >= 0.6 is 0 Å². The van der Waals surface area contributed by atoms with Crippen LogP contribution in [0.4, 0.5) is 4.79 Å². The lowest BCUT2D eigenvalue weighted by Gasteiger charge is -2.11. The molecule has 1 aromatic carbocycles. The number of hydrogen-bond acceptors (Lipinski definition) is 6. The number of hydrogen-bond donors (Lipinski definition) is 2. The molecule has 0 saturated heterocycles. The summed E-state index contributed by atoms with van der Waals surface area (Å²) in [5, 5.41) is 20.6. The monoisotopic (exact) mass is 317 g/mol. The van der Waals surface area contributed by atoms with Gasteiger partial charge in [-0.3, -0.25) is 0 Å². The van der Waals surface area contributed by atoms with E-state index in [1.807, 2.05) is 30.3 Å². The number of nitrogens with zero attached hydrogens (tertiary/aromatic N) is 2. The lowest BCUT2D eigenvalue weighted by Crippen LogP contribution is -2.28. The lowest BCUT2D eigenvalue weighted by molar-refractivity contribution is 0.150. The maximum atomic E-state index is 11.1. The summed E-state index contributed by atoms with van der Waals surface area (Å²) >= 11 is 0. The molecule has 0 spiro atoms. The number of amides is 1. The molecular formula is C16H19N3O4. The van der Waals surface area contributed by atoms with Crippen LogP contribution in [-0.2, 0) is 4.74 Å². The van der Waals surface area contributed by atoms with Gasteiger partial charge >= 0.3 is 6.09 Å². The van der Waals surface area contributed by atoms with Crippen molar-refractivity contribution in [1.29, 1.82) is 0 Å². The highest BCUT2D eigenvalue weighted by Crippen LogP contribution is 2.21. The van der Waals surface area contributed by atoms with E-state index in [-0.39, 0.29) is 6.61 Å². The van der Waals surface area contributed by atoms with E-state index >= 15 is 0 Å². The number of aliphatic hydroxyl groups is 1. The topological polar surface area (TPSA) is 93.6 Å². The van der Waals surface area contributed by atoms with E-state index in [1.54, 1.807) is 13.0 Å². The third-order valence-electron chi connectivity index (χ3n) is 2.96. The molecule has 0 fully saturated rings. The number of rotatable bonds is 7. The summed E-state index contributed by atoms with van der Waals surface area (Å²) < 4.78 is 10.2. The summed E-state index contributed by atoms with van der Waals surface area (Å²) in [5.74, 6) is 0.468. The van der Waals surface area contributed by atoms with Crippen LogP contribution in [0.2, 0.25) is 0 Å². The van der Waals surface area contributed by atoms with Crippen molar-refractivity contribution in [3.8, 4) is 5.75 Å². The first-order valence-corrected chi connectivity index (χ1v) is 7.29. The van der Waals surface area contributed by atoms with Crippen LogP contribution in [0, 0.1) is 0 Å². The van der Waals surface area contributed by atoms with Crippen molar-refractivity contribution in [2.75, 3.05) is 19.8 Å². The third-order valence-corrected chi connectivity index (χ3v) is 2.96. The molecule has 7 nitrogen and oxygen atoms in total. The highest BCUT2D eigenvalue weighted by Gasteiger charge is 2.13. The van der Waals surface area contributed by atoms with Crippen LogP contribution in [-0.4, -0.2) is 41.2 Å². The molecule has 2 N–H and O–H groups in total. The van der Waals surface area contributed by atoms with E-state index in [2.05, 4.69) is 15.5 Å². The molecule has 0 aliphatic rings. The summed E-state index contributed by atoms with van der Waals surface area (Å²) in [4.78, 5) is 11.1. The van der Waals surface area contributed by atoms with E-state index in [1.165, 1.54) is 6.20 Å². The number of carbonyl (C=O) groups excluding carboxylic acids is 1. The maximum Gasteiger partial charge on any atom is 0.407 e. The summed E-state index contributed by atoms with van der Waals surface area (Å²) in [5.41, 5.74) is 1.12. The molecule has 1 amide bonds. The Morgan fingerprint density at radius 1 is 1.35 bits per heavy atom. The van der Waals surface area contributed by atoms with Gasteiger partial charge in [-0.05, 0) is 12.5 Å². The molecule has 0 saturated carbocycles. The molecule has 1 unspecified atom stereocenters. The number of aliphatic hydroxyl groups excluding tert-OH is 1. The van der Waals surface area contributed by atoms with Crippen molar-refractivity contribution >= 4 is 6.09 Å². The number of nitrogens with one attached hydrogen (secondary N) is 1. The summed E-state index contributed by atoms with van der Waals surface area (Å²) in [6, 6.07) is 10.8. The normalized spacial score (nSPS) is 11.6. The first kappa shape index (κ1) is 16.7. The van der Waals surface area contributed by atoms with E-state index in [4.69, 9.17) is 9.47 Å². The molecule has 1 atom stereocenters. The Labute approximate surface area is 134 Å². The Morgan fingerprint density at radius 3 is 2.87 bits per heavy atom. The van der Waals surface area contributed by atoms with Crippen molar-refractivity contribution < 1.29 is 19.4 Å². The molecule has 0 aliphatic carbocycles. The van der Waals surface area contributed by atoms with Crippen LogP contribution in [0.5, 0.6) is 5.75 Å². The number of alkyl carbamates (subject to hydrolysis) is 1. The van der Waals surface area contributed by atoms with Gasteiger partial charge in [0.25, 0.3) is 0 Å². The Bertz CT molecular complexity index is 622. The van der Waals surface area contributed by atoms with Gasteiger partial charge in [-0.1, -0.05) is 30.3 Å². The van der Waals surface area contributed by atoms with Crippen LogP contribution in [0.25, 0.3) is 0 Å². The number of aromatic nitrogens is 2. The summed E-state index contributed by atoms with van der Waals surface area (Å²) in [7, 11) is 0. The van der Waals surface area contributed by atoms with Crippen LogP contribution in [0.3, 0.4) is 0 Å². The van der Waals surface area contributed by atoms with Crippen molar-refractivity contribution in [3.63, 3.8) is 0 Å². The number of ether oxygens (including phenoxy) is 2.